The Labute approximate surface area is 163 Å². The van der Waals surface area contributed by atoms with Gasteiger partial charge in [-0.15, -0.1) is 0 Å². The van der Waals surface area contributed by atoms with Crippen LogP contribution >= 0.6 is 23.2 Å². The lowest BCUT2D eigenvalue weighted by Crippen LogP contribution is -2.36. The molecule has 26 heavy (non-hydrogen) atoms. The molecule has 1 unspecified atom stereocenters. The summed E-state index contributed by atoms with van der Waals surface area (Å²) in [6.45, 7) is 7.28. The molecule has 0 fully saturated rings. The highest BCUT2D eigenvalue weighted by molar-refractivity contribution is 6.36. The number of carbonyl (C=O) groups is 2. The third kappa shape index (κ3) is 3.94. The Hall–Kier alpha value is -1.85. The van der Waals surface area contributed by atoms with Gasteiger partial charge in [0.05, 0.1) is 18.8 Å². The summed E-state index contributed by atoms with van der Waals surface area (Å²) in [5.74, 6) is -2.57. The number of esters is 2. The fourth-order valence-corrected chi connectivity index (χ4v) is 3.80. The number of aliphatic imine (C=N–C) groups is 1. The van der Waals surface area contributed by atoms with Crippen LogP contribution in [0, 0.1) is 5.92 Å². The fraction of sp³-hybridized carbons (Fsp3) is 0.421. The molecule has 140 valence electrons. The van der Waals surface area contributed by atoms with Gasteiger partial charge >= 0.3 is 11.9 Å². The fourth-order valence-electron chi connectivity index (χ4n) is 3.17. The average molecular weight is 398 g/mol. The van der Waals surface area contributed by atoms with E-state index in [2.05, 4.69) is 4.99 Å². The maximum Gasteiger partial charge on any atom is 0.336 e. The van der Waals surface area contributed by atoms with E-state index in [4.69, 9.17) is 32.7 Å². The summed E-state index contributed by atoms with van der Waals surface area (Å²) in [4.78, 5) is 29.7. The van der Waals surface area contributed by atoms with Crippen LogP contribution in [0.2, 0.25) is 10.0 Å². The zero-order chi connectivity index (χ0) is 19.4. The standard InChI is InChI=1S/C19H21Cl2NO4/c1-5-25-18(23)14-10(3)22-11(4)15(19(24)26-6-2)17(14)16-12(20)8-7-9-13(16)21/h7-9,14,17H,5-6H2,1-4H3/t14?,17-/m0/s1. The quantitative estimate of drug-likeness (QED) is 0.682. The van der Waals surface area contributed by atoms with Crippen LogP contribution in [-0.4, -0.2) is 30.9 Å². The number of hydrogen-bond acceptors (Lipinski definition) is 5. The molecule has 1 aliphatic rings. The highest BCUT2D eigenvalue weighted by atomic mass is 35.5. The molecule has 0 radical (unpaired) electrons. The molecule has 0 aliphatic carbocycles. The van der Waals surface area contributed by atoms with Crippen molar-refractivity contribution in [2.45, 2.75) is 33.6 Å². The molecule has 1 aliphatic heterocycles. The van der Waals surface area contributed by atoms with E-state index in [1.54, 1.807) is 45.9 Å². The summed E-state index contributed by atoms with van der Waals surface area (Å²) in [5.41, 5.74) is 1.77. The Bertz CT molecular complexity index is 765. The molecule has 0 amide bonds. The van der Waals surface area contributed by atoms with E-state index in [9.17, 15) is 9.59 Å². The Morgan fingerprint density at radius 3 is 2.19 bits per heavy atom. The van der Waals surface area contributed by atoms with E-state index >= 15 is 0 Å². The van der Waals surface area contributed by atoms with Crippen LogP contribution in [-0.2, 0) is 19.1 Å². The Balaban J connectivity index is 2.72. The lowest BCUT2D eigenvalue weighted by molar-refractivity contribution is -0.146. The summed E-state index contributed by atoms with van der Waals surface area (Å²) in [5, 5.41) is 0.724. The predicted molar refractivity (Wildman–Crippen MR) is 102 cm³/mol. The third-order valence-electron chi connectivity index (χ3n) is 4.17. The van der Waals surface area contributed by atoms with Crippen molar-refractivity contribution in [3.8, 4) is 0 Å². The molecule has 2 rings (SSSR count). The van der Waals surface area contributed by atoms with Crippen molar-refractivity contribution in [3.05, 3.63) is 45.1 Å². The molecule has 5 nitrogen and oxygen atoms in total. The van der Waals surface area contributed by atoms with Gasteiger partial charge in [0.15, 0.2) is 0 Å². The third-order valence-corrected chi connectivity index (χ3v) is 4.83. The lowest BCUT2D eigenvalue weighted by atomic mass is 9.75. The maximum atomic E-state index is 12.7. The van der Waals surface area contributed by atoms with Crippen molar-refractivity contribution in [3.63, 3.8) is 0 Å². The average Bonchev–Trinajstić information content (AvgIpc) is 2.54. The van der Waals surface area contributed by atoms with E-state index in [0.29, 0.717) is 27.0 Å². The van der Waals surface area contributed by atoms with Crippen LogP contribution in [0.1, 0.15) is 39.2 Å². The molecular weight excluding hydrogens is 377 g/mol. The molecule has 1 aromatic rings. The number of allylic oxidation sites excluding steroid dienone is 1. The highest BCUT2D eigenvalue weighted by Gasteiger charge is 2.43. The second-order valence-corrected chi connectivity index (χ2v) is 6.63. The molecule has 0 spiro atoms. The molecule has 0 saturated heterocycles. The topological polar surface area (TPSA) is 65.0 Å². The smallest absolute Gasteiger partial charge is 0.336 e. The molecule has 0 aromatic heterocycles. The van der Waals surface area contributed by atoms with Crippen molar-refractivity contribution in [2.75, 3.05) is 13.2 Å². The first-order valence-corrected chi connectivity index (χ1v) is 9.12. The van der Waals surface area contributed by atoms with E-state index in [1.165, 1.54) is 0 Å². The van der Waals surface area contributed by atoms with Crippen LogP contribution in [0.5, 0.6) is 0 Å². The summed E-state index contributed by atoms with van der Waals surface area (Å²) >= 11 is 12.8. The summed E-state index contributed by atoms with van der Waals surface area (Å²) in [6.07, 6.45) is 0. The summed E-state index contributed by atoms with van der Waals surface area (Å²) < 4.78 is 10.4. The van der Waals surface area contributed by atoms with Gasteiger partial charge in [-0.25, -0.2) is 4.79 Å². The van der Waals surface area contributed by atoms with Gasteiger partial charge in [0.1, 0.15) is 5.92 Å². The van der Waals surface area contributed by atoms with E-state index < -0.39 is 23.8 Å². The van der Waals surface area contributed by atoms with E-state index in [1.807, 2.05) is 0 Å². The molecule has 0 bridgehead atoms. The first kappa shape index (κ1) is 20.5. The Kier molecular flexibility index (Phi) is 6.84. The minimum atomic E-state index is -0.810. The van der Waals surface area contributed by atoms with Gasteiger partial charge in [-0.05, 0) is 45.4 Å². The molecule has 0 N–H and O–H groups in total. The van der Waals surface area contributed by atoms with Crippen molar-refractivity contribution in [2.24, 2.45) is 10.9 Å². The normalized spacial score (nSPS) is 19.8. The van der Waals surface area contributed by atoms with Gasteiger partial charge in [-0.1, -0.05) is 29.3 Å². The van der Waals surface area contributed by atoms with Gasteiger partial charge in [0.2, 0.25) is 0 Å². The van der Waals surface area contributed by atoms with Crippen molar-refractivity contribution in [1.29, 1.82) is 0 Å². The largest absolute Gasteiger partial charge is 0.465 e. The lowest BCUT2D eigenvalue weighted by Gasteiger charge is -2.32. The van der Waals surface area contributed by atoms with Crippen LogP contribution in [0.15, 0.2) is 34.5 Å². The van der Waals surface area contributed by atoms with Crippen molar-refractivity contribution < 1.29 is 19.1 Å². The number of hydrogen-bond donors (Lipinski definition) is 0. The highest BCUT2D eigenvalue weighted by Crippen LogP contribution is 2.45. The maximum absolute atomic E-state index is 12.7. The minimum Gasteiger partial charge on any atom is -0.465 e. The number of rotatable bonds is 5. The predicted octanol–water partition coefficient (Wildman–Crippen LogP) is 4.57. The zero-order valence-corrected chi connectivity index (χ0v) is 16.6. The second kappa shape index (κ2) is 8.69. The summed E-state index contributed by atoms with van der Waals surface area (Å²) in [7, 11) is 0. The molecule has 1 heterocycles. The Morgan fingerprint density at radius 2 is 1.65 bits per heavy atom. The van der Waals surface area contributed by atoms with E-state index in [-0.39, 0.29) is 18.8 Å². The van der Waals surface area contributed by atoms with Crippen molar-refractivity contribution in [1.82, 2.24) is 0 Å². The number of ether oxygens (including phenoxy) is 2. The molecular formula is C19H21Cl2NO4. The molecule has 0 saturated carbocycles. The summed E-state index contributed by atoms with van der Waals surface area (Å²) in [6, 6.07) is 5.05. The van der Waals surface area contributed by atoms with Gasteiger partial charge in [-0.2, -0.15) is 0 Å². The van der Waals surface area contributed by atoms with Crippen LogP contribution < -0.4 is 0 Å². The van der Waals surface area contributed by atoms with Gasteiger partial charge < -0.3 is 9.47 Å². The van der Waals surface area contributed by atoms with Crippen LogP contribution in [0.3, 0.4) is 0 Å². The van der Waals surface area contributed by atoms with Crippen LogP contribution in [0.25, 0.3) is 0 Å². The first-order chi connectivity index (χ1) is 12.3. The number of carbonyl (C=O) groups excluding carboxylic acids is 2. The van der Waals surface area contributed by atoms with Gasteiger partial charge in [0, 0.05) is 27.4 Å². The number of halogens is 2. The van der Waals surface area contributed by atoms with E-state index in [0.717, 1.165) is 0 Å². The molecule has 7 heteroatoms. The Morgan fingerprint density at radius 1 is 1.08 bits per heavy atom. The van der Waals surface area contributed by atoms with Gasteiger partial charge in [0.25, 0.3) is 0 Å². The SMILES string of the molecule is CCOC(=O)C1=C(C)N=C(C)C(C(=O)OCC)[C@@H]1c1c(Cl)cccc1Cl. The molecule has 1 aromatic carbocycles. The van der Waals surface area contributed by atoms with Gasteiger partial charge in [-0.3, -0.25) is 9.79 Å². The first-order valence-electron chi connectivity index (χ1n) is 8.37. The monoisotopic (exact) mass is 397 g/mol. The molecule has 2 atom stereocenters. The van der Waals surface area contributed by atoms with Crippen molar-refractivity contribution >= 4 is 40.9 Å². The second-order valence-electron chi connectivity index (χ2n) is 5.82. The number of benzene rings is 1. The number of nitrogens with zero attached hydrogens (tertiary/aromatic N) is 1. The van der Waals surface area contributed by atoms with Crippen LogP contribution in [0.4, 0.5) is 0 Å². The minimum absolute atomic E-state index is 0.200. The zero-order valence-electron chi connectivity index (χ0n) is 15.1.